The van der Waals surface area contributed by atoms with Gasteiger partial charge in [0.2, 0.25) is 5.91 Å². The molecule has 20 heavy (non-hydrogen) atoms. The first-order valence-electron chi connectivity index (χ1n) is 6.36. The van der Waals surface area contributed by atoms with Crippen molar-refractivity contribution in [2.75, 3.05) is 20.3 Å². The van der Waals surface area contributed by atoms with E-state index in [0.29, 0.717) is 6.61 Å². The third-order valence-electron chi connectivity index (χ3n) is 2.05. The first kappa shape index (κ1) is 18.4. The zero-order valence-corrected chi connectivity index (χ0v) is 12.6. The molecule has 0 bridgehead atoms. The molecule has 1 atom stereocenters. The molecule has 0 saturated carbocycles. The molecular weight excluding hydrogens is 266 g/mol. The van der Waals surface area contributed by atoms with Gasteiger partial charge >= 0.3 is 11.9 Å². The van der Waals surface area contributed by atoms with Crippen molar-refractivity contribution in [3.63, 3.8) is 0 Å². The molecular formula is C13H23NO6. The molecule has 0 spiro atoms. The van der Waals surface area contributed by atoms with Crippen LogP contribution in [0, 0.1) is 0 Å². The molecule has 7 heteroatoms. The maximum absolute atomic E-state index is 11.7. The summed E-state index contributed by atoms with van der Waals surface area (Å²) in [5, 5.41) is 2.38. The Balaban J connectivity index is 4.54. The largest absolute Gasteiger partial charge is 0.467 e. The molecule has 116 valence electrons. The second-order valence-corrected chi connectivity index (χ2v) is 5.07. The minimum atomic E-state index is -1.08. The Morgan fingerprint density at radius 3 is 2.25 bits per heavy atom. The van der Waals surface area contributed by atoms with Gasteiger partial charge in [0.05, 0.1) is 13.5 Å². The summed E-state index contributed by atoms with van der Waals surface area (Å²) in [4.78, 5) is 34.7. The van der Waals surface area contributed by atoms with E-state index in [1.807, 2.05) is 0 Å². The fraction of sp³-hybridized carbons (Fsp3) is 0.769. The zero-order valence-electron chi connectivity index (χ0n) is 12.6. The van der Waals surface area contributed by atoms with Crippen LogP contribution in [0.4, 0.5) is 0 Å². The highest BCUT2D eigenvalue weighted by Gasteiger charge is 2.27. The van der Waals surface area contributed by atoms with Crippen LogP contribution in [0.1, 0.15) is 34.1 Å². The molecule has 0 fully saturated rings. The highest BCUT2D eigenvalue weighted by molar-refractivity contribution is 5.88. The van der Waals surface area contributed by atoms with Crippen molar-refractivity contribution in [1.29, 1.82) is 0 Å². The van der Waals surface area contributed by atoms with Crippen LogP contribution in [0.3, 0.4) is 0 Å². The van der Waals surface area contributed by atoms with Gasteiger partial charge in [0.25, 0.3) is 0 Å². The molecule has 0 aromatic carbocycles. The van der Waals surface area contributed by atoms with Gasteiger partial charge in [-0.1, -0.05) is 0 Å². The topological polar surface area (TPSA) is 90.9 Å². The van der Waals surface area contributed by atoms with Crippen LogP contribution in [0.5, 0.6) is 0 Å². The van der Waals surface area contributed by atoms with Crippen LogP contribution in [0.15, 0.2) is 0 Å². The number of carbonyl (C=O) groups is 3. The molecule has 0 aliphatic heterocycles. The van der Waals surface area contributed by atoms with Crippen molar-refractivity contribution in [3.8, 4) is 0 Å². The lowest BCUT2D eigenvalue weighted by Crippen LogP contribution is -2.45. The van der Waals surface area contributed by atoms with Gasteiger partial charge in [-0.25, -0.2) is 4.79 Å². The second kappa shape index (κ2) is 8.52. The molecule has 1 amide bonds. The highest BCUT2D eigenvalue weighted by atomic mass is 16.6. The Morgan fingerprint density at radius 2 is 1.80 bits per heavy atom. The van der Waals surface area contributed by atoms with Crippen molar-refractivity contribution >= 4 is 17.8 Å². The molecule has 0 heterocycles. The normalized spacial score (nSPS) is 12.4. The zero-order chi connectivity index (χ0) is 15.8. The standard InChI is InChI=1S/C13H23NO6/c1-6-19-8-10(15)14-9(12(17)18-5)7-11(16)20-13(2,3)4/h9H,6-8H2,1-5H3,(H,14,15)/t9-/m0/s1. The molecule has 0 aromatic heterocycles. The molecule has 0 saturated heterocycles. The van der Waals surface area contributed by atoms with E-state index in [1.54, 1.807) is 27.7 Å². The third-order valence-corrected chi connectivity index (χ3v) is 2.05. The lowest BCUT2D eigenvalue weighted by atomic mass is 10.1. The Labute approximate surface area is 118 Å². The number of ether oxygens (including phenoxy) is 3. The predicted octanol–water partition coefficient (Wildman–Crippen LogP) is 0.413. The first-order chi connectivity index (χ1) is 9.19. The smallest absolute Gasteiger partial charge is 0.328 e. The molecule has 0 radical (unpaired) electrons. The van der Waals surface area contributed by atoms with Crippen molar-refractivity contribution in [3.05, 3.63) is 0 Å². The minimum absolute atomic E-state index is 0.182. The highest BCUT2D eigenvalue weighted by Crippen LogP contribution is 2.09. The first-order valence-corrected chi connectivity index (χ1v) is 6.36. The van der Waals surface area contributed by atoms with E-state index in [9.17, 15) is 14.4 Å². The van der Waals surface area contributed by atoms with Crippen LogP contribution < -0.4 is 5.32 Å². The third kappa shape index (κ3) is 8.47. The summed E-state index contributed by atoms with van der Waals surface area (Å²) in [6, 6.07) is -1.08. The summed E-state index contributed by atoms with van der Waals surface area (Å²) in [7, 11) is 1.18. The van der Waals surface area contributed by atoms with Crippen LogP contribution in [-0.4, -0.2) is 49.8 Å². The fourth-order valence-electron chi connectivity index (χ4n) is 1.32. The van der Waals surface area contributed by atoms with E-state index >= 15 is 0 Å². The molecule has 0 aliphatic carbocycles. The maximum atomic E-state index is 11.7. The number of esters is 2. The summed E-state index contributed by atoms with van der Waals surface area (Å²) in [6.45, 7) is 7.08. The van der Waals surface area contributed by atoms with Gasteiger partial charge in [0, 0.05) is 6.61 Å². The number of hydrogen-bond acceptors (Lipinski definition) is 6. The summed E-state index contributed by atoms with van der Waals surface area (Å²) >= 11 is 0. The monoisotopic (exact) mass is 289 g/mol. The number of carbonyl (C=O) groups excluding carboxylic acids is 3. The van der Waals surface area contributed by atoms with Crippen LogP contribution >= 0.6 is 0 Å². The van der Waals surface area contributed by atoms with Crippen molar-refractivity contribution in [2.45, 2.75) is 45.8 Å². The number of hydrogen-bond donors (Lipinski definition) is 1. The fourth-order valence-corrected chi connectivity index (χ4v) is 1.32. The summed E-state index contributed by atoms with van der Waals surface area (Å²) in [6.07, 6.45) is -0.290. The summed E-state index contributed by atoms with van der Waals surface area (Å²) in [5.74, 6) is -1.80. The van der Waals surface area contributed by atoms with Crippen LogP contribution in [0.2, 0.25) is 0 Å². The average Bonchev–Trinajstić information content (AvgIpc) is 2.32. The predicted molar refractivity (Wildman–Crippen MR) is 70.9 cm³/mol. The Morgan fingerprint density at radius 1 is 1.20 bits per heavy atom. The number of amides is 1. The maximum Gasteiger partial charge on any atom is 0.328 e. The van der Waals surface area contributed by atoms with Gasteiger partial charge in [-0.05, 0) is 27.7 Å². The van der Waals surface area contributed by atoms with E-state index in [4.69, 9.17) is 9.47 Å². The van der Waals surface area contributed by atoms with Gasteiger partial charge in [0.15, 0.2) is 0 Å². The summed E-state index contributed by atoms with van der Waals surface area (Å²) < 4.78 is 14.6. The number of rotatable bonds is 7. The molecule has 0 aromatic rings. The molecule has 0 aliphatic rings. The lowest BCUT2D eigenvalue weighted by molar-refractivity contribution is -0.159. The molecule has 7 nitrogen and oxygen atoms in total. The molecule has 1 N–H and O–H groups in total. The van der Waals surface area contributed by atoms with E-state index in [0.717, 1.165) is 0 Å². The SMILES string of the molecule is CCOCC(=O)N[C@@H](CC(=O)OC(C)(C)C)C(=O)OC. The van der Waals surface area contributed by atoms with Gasteiger partial charge < -0.3 is 19.5 Å². The average molecular weight is 289 g/mol. The van der Waals surface area contributed by atoms with E-state index in [-0.39, 0.29) is 13.0 Å². The Kier molecular flexibility index (Phi) is 7.83. The van der Waals surface area contributed by atoms with Crippen molar-refractivity contribution in [1.82, 2.24) is 5.32 Å². The van der Waals surface area contributed by atoms with Crippen LogP contribution in [-0.2, 0) is 28.6 Å². The Bertz CT molecular complexity index is 347. The van der Waals surface area contributed by atoms with Crippen molar-refractivity contribution in [2.24, 2.45) is 0 Å². The van der Waals surface area contributed by atoms with Gasteiger partial charge in [-0.3, -0.25) is 9.59 Å². The van der Waals surface area contributed by atoms with E-state index < -0.39 is 29.5 Å². The Hall–Kier alpha value is -1.63. The van der Waals surface area contributed by atoms with E-state index in [2.05, 4.69) is 10.1 Å². The second-order valence-electron chi connectivity index (χ2n) is 5.07. The lowest BCUT2D eigenvalue weighted by Gasteiger charge is -2.21. The number of methoxy groups -OCH3 is 1. The summed E-state index contributed by atoms with van der Waals surface area (Å²) in [5.41, 5.74) is -0.660. The van der Waals surface area contributed by atoms with Gasteiger partial charge in [0.1, 0.15) is 18.2 Å². The van der Waals surface area contributed by atoms with E-state index in [1.165, 1.54) is 7.11 Å². The van der Waals surface area contributed by atoms with Crippen LogP contribution in [0.25, 0.3) is 0 Å². The minimum Gasteiger partial charge on any atom is -0.467 e. The van der Waals surface area contributed by atoms with Gasteiger partial charge in [-0.2, -0.15) is 0 Å². The number of nitrogens with one attached hydrogen (secondary N) is 1. The quantitative estimate of drug-likeness (QED) is 0.683. The van der Waals surface area contributed by atoms with Gasteiger partial charge in [-0.15, -0.1) is 0 Å². The molecule has 0 unspecified atom stereocenters. The van der Waals surface area contributed by atoms with Crippen molar-refractivity contribution < 1.29 is 28.6 Å². The molecule has 0 rings (SSSR count).